The Morgan fingerprint density at radius 3 is 2.38 bits per heavy atom. The molecule has 0 atom stereocenters. The van der Waals surface area contributed by atoms with Crippen LogP contribution in [0.4, 0.5) is 0 Å². The van der Waals surface area contributed by atoms with Crippen molar-refractivity contribution >= 4 is 23.1 Å². The molecule has 0 spiro atoms. The minimum atomic E-state index is -0.169. The summed E-state index contributed by atoms with van der Waals surface area (Å²) in [6, 6.07) is 16.7. The molecule has 0 heterocycles. The van der Waals surface area contributed by atoms with Crippen molar-refractivity contribution in [1.82, 2.24) is 5.32 Å². The van der Waals surface area contributed by atoms with Crippen molar-refractivity contribution in [3.05, 3.63) is 65.7 Å². The molecule has 21 heavy (non-hydrogen) atoms. The van der Waals surface area contributed by atoms with Crippen molar-refractivity contribution in [2.45, 2.75) is 6.54 Å². The number of ether oxygens (including phenoxy) is 1. The van der Waals surface area contributed by atoms with Crippen LogP contribution in [0, 0.1) is 0 Å². The Bertz CT molecular complexity index is 612. The van der Waals surface area contributed by atoms with Gasteiger partial charge in [-0.05, 0) is 17.7 Å². The summed E-state index contributed by atoms with van der Waals surface area (Å²) >= 11 is 4.88. The minimum absolute atomic E-state index is 0.00498. The van der Waals surface area contributed by atoms with E-state index >= 15 is 0 Å². The molecular weight excluding hydrogens is 284 g/mol. The van der Waals surface area contributed by atoms with Crippen LogP contribution in [-0.2, 0) is 11.3 Å². The molecule has 0 radical (unpaired) electrons. The number of benzene rings is 2. The molecule has 1 amide bonds. The van der Waals surface area contributed by atoms with Gasteiger partial charge in [-0.25, -0.2) is 0 Å². The summed E-state index contributed by atoms with van der Waals surface area (Å²) in [6.45, 7) is 0.434. The van der Waals surface area contributed by atoms with E-state index in [9.17, 15) is 4.79 Å². The summed E-state index contributed by atoms with van der Waals surface area (Å²) in [5.74, 6) is 0.505. The van der Waals surface area contributed by atoms with Crippen LogP contribution in [0.15, 0.2) is 54.6 Å². The Morgan fingerprint density at radius 2 is 1.76 bits per heavy atom. The van der Waals surface area contributed by atoms with Gasteiger partial charge in [0.1, 0.15) is 10.7 Å². The molecule has 0 saturated heterocycles. The van der Waals surface area contributed by atoms with Crippen molar-refractivity contribution in [3.63, 3.8) is 0 Å². The lowest BCUT2D eigenvalue weighted by atomic mass is 10.1. The fourth-order valence-corrected chi connectivity index (χ4v) is 1.84. The second-order valence-corrected chi connectivity index (χ2v) is 4.88. The summed E-state index contributed by atoms with van der Waals surface area (Å²) < 4.78 is 5.36. The van der Waals surface area contributed by atoms with Gasteiger partial charge >= 0.3 is 0 Å². The van der Waals surface area contributed by atoms with E-state index in [0.717, 1.165) is 11.1 Å². The van der Waals surface area contributed by atoms with E-state index in [1.165, 1.54) is 0 Å². The number of carbonyl (C=O) groups is 1. The molecule has 2 aromatic rings. The summed E-state index contributed by atoms with van der Waals surface area (Å²) in [5.41, 5.74) is 7.31. The molecule has 3 N–H and O–H groups in total. The highest BCUT2D eigenvalue weighted by atomic mass is 32.1. The molecule has 0 bridgehead atoms. The van der Waals surface area contributed by atoms with Gasteiger partial charge in [-0.3, -0.25) is 4.79 Å². The number of rotatable bonds is 6. The zero-order chi connectivity index (χ0) is 15.1. The van der Waals surface area contributed by atoms with E-state index in [-0.39, 0.29) is 12.5 Å². The largest absolute Gasteiger partial charge is 0.484 e. The molecule has 0 saturated carbocycles. The Labute approximate surface area is 128 Å². The first-order chi connectivity index (χ1) is 10.1. The third-order valence-electron chi connectivity index (χ3n) is 2.84. The van der Waals surface area contributed by atoms with E-state index in [1.807, 2.05) is 54.6 Å². The van der Waals surface area contributed by atoms with Gasteiger partial charge < -0.3 is 15.8 Å². The third-order valence-corrected chi connectivity index (χ3v) is 3.08. The second kappa shape index (κ2) is 7.40. The maximum absolute atomic E-state index is 11.7. The Kier molecular flexibility index (Phi) is 5.29. The topological polar surface area (TPSA) is 64.3 Å². The van der Waals surface area contributed by atoms with E-state index in [0.29, 0.717) is 17.3 Å². The number of hydrogen-bond acceptors (Lipinski definition) is 3. The Hall–Kier alpha value is -2.40. The Morgan fingerprint density at radius 1 is 1.10 bits per heavy atom. The molecule has 2 rings (SSSR count). The van der Waals surface area contributed by atoms with Crippen LogP contribution in [0.5, 0.6) is 5.75 Å². The van der Waals surface area contributed by atoms with E-state index in [2.05, 4.69) is 5.32 Å². The first-order valence-electron chi connectivity index (χ1n) is 6.48. The van der Waals surface area contributed by atoms with Crippen LogP contribution in [0.3, 0.4) is 0 Å². The highest BCUT2D eigenvalue weighted by Gasteiger charge is 2.03. The molecule has 4 nitrogen and oxygen atoms in total. The fraction of sp³-hybridized carbons (Fsp3) is 0.125. The normalized spacial score (nSPS) is 9.90. The SMILES string of the molecule is NC(=S)c1ccc(CNC(=O)COc2ccccc2)cc1. The van der Waals surface area contributed by atoms with Gasteiger partial charge in [0.25, 0.3) is 5.91 Å². The number of carbonyl (C=O) groups excluding carboxylic acids is 1. The smallest absolute Gasteiger partial charge is 0.258 e. The predicted molar refractivity (Wildman–Crippen MR) is 86.1 cm³/mol. The number of nitrogens with one attached hydrogen (secondary N) is 1. The van der Waals surface area contributed by atoms with Crippen molar-refractivity contribution in [2.24, 2.45) is 5.73 Å². The number of hydrogen-bond donors (Lipinski definition) is 2. The minimum Gasteiger partial charge on any atom is -0.484 e. The molecule has 0 fully saturated rings. The summed E-state index contributed by atoms with van der Waals surface area (Å²) in [4.78, 5) is 12.1. The van der Waals surface area contributed by atoms with E-state index in [4.69, 9.17) is 22.7 Å². The lowest BCUT2D eigenvalue weighted by Gasteiger charge is -2.08. The van der Waals surface area contributed by atoms with Crippen molar-refractivity contribution in [1.29, 1.82) is 0 Å². The van der Waals surface area contributed by atoms with Crippen LogP contribution >= 0.6 is 12.2 Å². The summed E-state index contributed by atoms with van der Waals surface area (Å²) in [6.07, 6.45) is 0. The first-order valence-corrected chi connectivity index (χ1v) is 6.89. The molecule has 0 aliphatic carbocycles. The monoisotopic (exact) mass is 300 g/mol. The molecule has 0 aliphatic rings. The summed E-state index contributed by atoms with van der Waals surface area (Å²) in [5, 5.41) is 2.79. The predicted octanol–water partition coefficient (Wildman–Crippen LogP) is 2.02. The molecule has 0 aliphatic heterocycles. The van der Waals surface area contributed by atoms with Crippen LogP contribution in [0.1, 0.15) is 11.1 Å². The lowest BCUT2D eigenvalue weighted by molar-refractivity contribution is -0.123. The van der Waals surface area contributed by atoms with E-state index in [1.54, 1.807) is 0 Å². The standard InChI is InChI=1S/C16H16N2O2S/c17-16(21)13-8-6-12(7-9-13)10-18-15(19)11-20-14-4-2-1-3-5-14/h1-9H,10-11H2,(H2,17,21)(H,18,19). The van der Waals surface area contributed by atoms with Gasteiger partial charge in [0, 0.05) is 12.1 Å². The van der Waals surface area contributed by atoms with Gasteiger partial charge in [0.05, 0.1) is 0 Å². The first kappa shape index (κ1) is 15.0. The molecule has 2 aromatic carbocycles. The number of amides is 1. The van der Waals surface area contributed by atoms with Gasteiger partial charge in [-0.15, -0.1) is 0 Å². The average Bonchev–Trinajstić information content (AvgIpc) is 2.52. The number of thiocarbonyl (C=S) groups is 1. The Balaban J connectivity index is 1.77. The zero-order valence-electron chi connectivity index (χ0n) is 11.4. The van der Waals surface area contributed by atoms with Gasteiger partial charge in [0.2, 0.25) is 0 Å². The number of para-hydroxylation sites is 1. The second-order valence-electron chi connectivity index (χ2n) is 4.44. The van der Waals surface area contributed by atoms with Crippen molar-refractivity contribution in [3.8, 4) is 5.75 Å². The van der Waals surface area contributed by atoms with Crippen molar-refractivity contribution in [2.75, 3.05) is 6.61 Å². The molecule has 0 unspecified atom stereocenters. The lowest BCUT2D eigenvalue weighted by Crippen LogP contribution is -2.28. The maximum Gasteiger partial charge on any atom is 0.258 e. The van der Waals surface area contributed by atoms with Gasteiger partial charge in [-0.2, -0.15) is 0 Å². The molecule has 5 heteroatoms. The highest BCUT2D eigenvalue weighted by Crippen LogP contribution is 2.08. The van der Waals surface area contributed by atoms with Crippen LogP contribution < -0.4 is 15.8 Å². The van der Waals surface area contributed by atoms with Crippen LogP contribution in [0.25, 0.3) is 0 Å². The third kappa shape index (κ3) is 4.89. The van der Waals surface area contributed by atoms with Crippen LogP contribution in [-0.4, -0.2) is 17.5 Å². The summed E-state index contributed by atoms with van der Waals surface area (Å²) in [7, 11) is 0. The average molecular weight is 300 g/mol. The molecule has 0 aromatic heterocycles. The molecule has 108 valence electrons. The number of nitrogens with two attached hydrogens (primary N) is 1. The van der Waals surface area contributed by atoms with Gasteiger partial charge in [0.15, 0.2) is 6.61 Å². The van der Waals surface area contributed by atoms with Gasteiger partial charge in [-0.1, -0.05) is 54.7 Å². The van der Waals surface area contributed by atoms with Crippen LogP contribution in [0.2, 0.25) is 0 Å². The van der Waals surface area contributed by atoms with Crippen molar-refractivity contribution < 1.29 is 9.53 Å². The maximum atomic E-state index is 11.7. The quantitative estimate of drug-likeness (QED) is 0.801. The van der Waals surface area contributed by atoms with E-state index < -0.39 is 0 Å². The zero-order valence-corrected chi connectivity index (χ0v) is 12.2. The fourth-order valence-electron chi connectivity index (χ4n) is 1.70. The molecular formula is C16H16N2O2S. The highest BCUT2D eigenvalue weighted by molar-refractivity contribution is 7.80.